The number of benzene rings is 1. The van der Waals surface area contributed by atoms with Gasteiger partial charge in [0.25, 0.3) is 0 Å². The van der Waals surface area contributed by atoms with Gasteiger partial charge in [-0.1, -0.05) is 12.1 Å². The monoisotopic (exact) mass is 290 g/mol. The van der Waals surface area contributed by atoms with Crippen molar-refractivity contribution in [3.8, 4) is 5.75 Å². The van der Waals surface area contributed by atoms with Crippen LogP contribution < -0.4 is 15.4 Å². The third kappa shape index (κ3) is 4.21. The number of carbonyl (C=O) groups excluding carboxylic acids is 2. The van der Waals surface area contributed by atoms with Crippen LogP contribution in [0.15, 0.2) is 24.3 Å². The highest BCUT2D eigenvalue weighted by Gasteiger charge is 2.47. The molecule has 0 heterocycles. The maximum Gasteiger partial charge on any atom is 0.224 e. The van der Waals surface area contributed by atoms with Gasteiger partial charge in [0.15, 0.2) is 0 Å². The maximum atomic E-state index is 12.0. The van der Waals surface area contributed by atoms with Crippen molar-refractivity contribution in [2.45, 2.75) is 32.9 Å². The molecule has 114 valence electrons. The first-order chi connectivity index (χ1) is 10.0. The number of methoxy groups -OCH3 is 1. The summed E-state index contributed by atoms with van der Waals surface area (Å²) in [7, 11) is 1.62. The summed E-state index contributed by atoms with van der Waals surface area (Å²) in [6.45, 7) is 4.30. The second-order valence-corrected chi connectivity index (χ2v) is 5.68. The van der Waals surface area contributed by atoms with Gasteiger partial charge in [0.05, 0.1) is 18.9 Å². The average Bonchev–Trinajstić information content (AvgIpc) is 3.25. The molecule has 0 saturated heterocycles. The molecule has 1 fully saturated rings. The summed E-state index contributed by atoms with van der Waals surface area (Å²) >= 11 is 0. The zero-order chi connectivity index (χ0) is 15.4. The molecule has 1 saturated carbocycles. The van der Waals surface area contributed by atoms with Crippen LogP contribution in [0, 0.1) is 11.8 Å². The molecule has 1 aliphatic rings. The Morgan fingerprint density at radius 1 is 1.19 bits per heavy atom. The number of amides is 2. The van der Waals surface area contributed by atoms with E-state index < -0.39 is 0 Å². The van der Waals surface area contributed by atoms with Gasteiger partial charge in [-0.15, -0.1) is 0 Å². The van der Waals surface area contributed by atoms with Gasteiger partial charge < -0.3 is 15.4 Å². The Morgan fingerprint density at radius 3 is 2.38 bits per heavy atom. The summed E-state index contributed by atoms with van der Waals surface area (Å²) in [5.74, 6) is 0.382. The molecule has 1 aromatic rings. The van der Waals surface area contributed by atoms with Crippen LogP contribution in [0.5, 0.6) is 5.75 Å². The first kappa shape index (κ1) is 15.4. The summed E-state index contributed by atoms with van der Waals surface area (Å²) in [5, 5.41) is 5.72. The van der Waals surface area contributed by atoms with Crippen LogP contribution in [0.4, 0.5) is 0 Å². The van der Waals surface area contributed by atoms with Gasteiger partial charge in [0.2, 0.25) is 11.8 Å². The molecule has 1 aliphatic carbocycles. The van der Waals surface area contributed by atoms with Crippen molar-refractivity contribution in [3.05, 3.63) is 29.8 Å². The molecule has 21 heavy (non-hydrogen) atoms. The standard InChI is InChI=1S/C16H22N2O3/c1-10(2)18-16(20)14-8-13(14)15(19)17-9-11-4-6-12(21-3)7-5-11/h4-7,10,13-14H,8-9H2,1-3H3,(H,17,19)(H,18,20). The zero-order valence-corrected chi connectivity index (χ0v) is 12.7. The summed E-state index contributed by atoms with van der Waals surface area (Å²) in [4.78, 5) is 23.8. The Hall–Kier alpha value is -2.04. The van der Waals surface area contributed by atoms with E-state index >= 15 is 0 Å². The van der Waals surface area contributed by atoms with Crippen molar-refractivity contribution >= 4 is 11.8 Å². The molecule has 5 heteroatoms. The molecule has 0 aliphatic heterocycles. The number of hydrogen-bond donors (Lipinski definition) is 2. The Bertz CT molecular complexity index is 511. The molecule has 2 rings (SSSR count). The fourth-order valence-electron chi connectivity index (χ4n) is 2.23. The maximum absolute atomic E-state index is 12.0. The predicted octanol–water partition coefficient (Wildman–Crippen LogP) is 1.47. The van der Waals surface area contributed by atoms with E-state index in [1.54, 1.807) is 7.11 Å². The van der Waals surface area contributed by atoms with Gasteiger partial charge in [0, 0.05) is 12.6 Å². The van der Waals surface area contributed by atoms with Gasteiger partial charge in [-0.25, -0.2) is 0 Å². The molecular weight excluding hydrogens is 268 g/mol. The Kier molecular flexibility index (Phi) is 4.83. The SMILES string of the molecule is COc1ccc(CNC(=O)C2CC2C(=O)NC(C)C)cc1. The molecule has 0 aromatic heterocycles. The van der Waals surface area contributed by atoms with Crippen LogP contribution in [-0.4, -0.2) is 25.0 Å². The molecular formula is C16H22N2O3. The van der Waals surface area contributed by atoms with E-state index in [1.165, 1.54) is 0 Å². The fraction of sp³-hybridized carbons (Fsp3) is 0.500. The lowest BCUT2D eigenvalue weighted by Gasteiger charge is -2.08. The predicted molar refractivity (Wildman–Crippen MR) is 79.7 cm³/mol. The van der Waals surface area contributed by atoms with Gasteiger partial charge in [-0.2, -0.15) is 0 Å². The first-order valence-corrected chi connectivity index (χ1v) is 7.22. The van der Waals surface area contributed by atoms with E-state index in [9.17, 15) is 9.59 Å². The Balaban J connectivity index is 1.77. The van der Waals surface area contributed by atoms with Crippen molar-refractivity contribution in [3.63, 3.8) is 0 Å². The van der Waals surface area contributed by atoms with Gasteiger partial charge in [-0.3, -0.25) is 9.59 Å². The van der Waals surface area contributed by atoms with Gasteiger partial charge in [0.1, 0.15) is 5.75 Å². The molecule has 0 radical (unpaired) electrons. The van der Waals surface area contributed by atoms with E-state index in [1.807, 2.05) is 38.1 Å². The van der Waals surface area contributed by atoms with Crippen molar-refractivity contribution in [1.82, 2.24) is 10.6 Å². The molecule has 5 nitrogen and oxygen atoms in total. The van der Waals surface area contributed by atoms with E-state index in [0.29, 0.717) is 13.0 Å². The minimum absolute atomic E-state index is 0.0189. The van der Waals surface area contributed by atoms with Crippen molar-refractivity contribution in [2.24, 2.45) is 11.8 Å². The summed E-state index contributed by atoms with van der Waals surface area (Å²) in [6.07, 6.45) is 0.646. The lowest BCUT2D eigenvalue weighted by Crippen LogP contribution is -2.33. The quantitative estimate of drug-likeness (QED) is 0.834. The first-order valence-electron chi connectivity index (χ1n) is 7.22. The van der Waals surface area contributed by atoms with Gasteiger partial charge >= 0.3 is 0 Å². The molecule has 0 bridgehead atoms. The van der Waals surface area contributed by atoms with Crippen LogP contribution in [0.25, 0.3) is 0 Å². The van der Waals surface area contributed by atoms with Crippen LogP contribution in [0.3, 0.4) is 0 Å². The van der Waals surface area contributed by atoms with Gasteiger partial charge in [-0.05, 0) is 38.0 Å². The zero-order valence-electron chi connectivity index (χ0n) is 12.7. The number of nitrogens with one attached hydrogen (secondary N) is 2. The van der Waals surface area contributed by atoms with Crippen LogP contribution >= 0.6 is 0 Å². The Labute approximate surface area is 125 Å². The summed E-state index contributed by atoms with van der Waals surface area (Å²) < 4.78 is 5.08. The molecule has 2 amide bonds. The third-order valence-electron chi connectivity index (χ3n) is 3.52. The molecule has 2 atom stereocenters. The highest BCUT2D eigenvalue weighted by molar-refractivity contribution is 5.92. The van der Waals surface area contributed by atoms with E-state index in [0.717, 1.165) is 11.3 Å². The van der Waals surface area contributed by atoms with E-state index in [4.69, 9.17) is 4.74 Å². The molecule has 2 unspecified atom stereocenters. The molecule has 1 aromatic carbocycles. The van der Waals surface area contributed by atoms with Crippen LogP contribution in [0.1, 0.15) is 25.8 Å². The lowest BCUT2D eigenvalue weighted by atomic mass is 10.2. The number of carbonyl (C=O) groups is 2. The highest BCUT2D eigenvalue weighted by Crippen LogP contribution is 2.38. The topological polar surface area (TPSA) is 67.4 Å². The van der Waals surface area contributed by atoms with E-state index in [2.05, 4.69) is 10.6 Å². The molecule has 0 spiro atoms. The number of ether oxygens (including phenoxy) is 1. The summed E-state index contributed by atoms with van der Waals surface area (Å²) in [5.41, 5.74) is 1.01. The van der Waals surface area contributed by atoms with Crippen molar-refractivity contribution < 1.29 is 14.3 Å². The third-order valence-corrected chi connectivity index (χ3v) is 3.52. The average molecular weight is 290 g/mol. The summed E-state index contributed by atoms with van der Waals surface area (Å²) in [6, 6.07) is 7.65. The minimum Gasteiger partial charge on any atom is -0.497 e. The van der Waals surface area contributed by atoms with E-state index in [-0.39, 0.29) is 29.7 Å². The smallest absolute Gasteiger partial charge is 0.224 e. The normalized spacial score (nSPS) is 20.0. The number of rotatable bonds is 6. The largest absolute Gasteiger partial charge is 0.497 e. The second kappa shape index (κ2) is 6.61. The minimum atomic E-state index is -0.179. The fourth-order valence-corrected chi connectivity index (χ4v) is 2.23. The lowest BCUT2D eigenvalue weighted by molar-refractivity contribution is -0.127. The number of hydrogen-bond acceptors (Lipinski definition) is 3. The van der Waals surface area contributed by atoms with Crippen molar-refractivity contribution in [2.75, 3.05) is 7.11 Å². The van der Waals surface area contributed by atoms with Crippen molar-refractivity contribution in [1.29, 1.82) is 0 Å². The highest BCUT2D eigenvalue weighted by atomic mass is 16.5. The Morgan fingerprint density at radius 2 is 1.81 bits per heavy atom. The van der Waals surface area contributed by atoms with Crippen LogP contribution in [-0.2, 0) is 16.1 Å². The van der Waals surface area contributed by atoms with Crippen LogP contribution in [0.2, 0.25) is 0 Å². The molecule has 2 N–H and O–H groups in total. The second-order valence-electron chi connectivity index (χ2n) is 5.68.